The predicted molar refractivity (Wildman–Crippen MR) is 137 cm³/mol. The summed E-state index contributed by atoms with van der Waals surface area (Å²) in [6, 6.07) is 18.2. The number of thiophene rings is 1. The van der Waals surface area contributed by atoms with Crippen LogP contribution in [-0.2, 0) is 24.2 Å². The summed E-state index contributed by atoms with van der Waals surface area (Å²) in [7, 11) is 0. The predicted octanol–water partition coefficient (Wildman–Crippen LogP) is 2.15. The molecule has 1 aliphatic rings. The largest absolute Gasteiger partial charge is 0.478 e. The van der Waals surface area contributed by atoms with Gasteiger partial charge in [0.1, 0.15) is 5.00 Å². The molecule has 0 fully saturated rings. The lowest BCUT2D eigenvalue weighted by atomic mass is 9.98. The van der Waals surface area contributed by atoms with E-state index in [1.54, 1.807) is 0 Å². The fraction of sp³-hybridized carbons (Fsp3) is 0.231. The molecule has 5 rings (SSSR count). The molecular formula is C26H24N4O5S. The second-order valence-electron chi connectivity index (χ2n) is 8.72. The fourth-order valence-corrected chi connectivity index (χ4v) is 5.45. The van der Waals surface area contributed by atoms with Gasteiger partial charge < -0.3 is 15.7 Å². The van der Waals surface area contributed by atoms with Crippen molar-refractivity contribution in [2.75, 3.05) is 12.0 Å². The molecule has 10 heteroatoms. The molecule has 1 atom stereocenters. The van der Waals surface area contributed by atoms with E-state index in [1.165, 1.54) is 11.3 Å². The molecule has 0 saturated heterocycles. The van der Waals surface area contributed by atoms with Crippen molar-refractivity contribution < 1.29 is 14.7 Å². The third-order valence-corrected chi connectivity index (χ3v) is 7.44. The third kappa shape index (κ3) is 5.00. The van der Waals surface area contributed by atoms with Crippen LogP contribution in [0.2, 0.25) is 0 Å². The zero-order valence-corrected chi connectivity index (χ0v) is 20.1. The van der Waals surface area contributed by atoms with Crippen molar-refractivity contribution in [3.8, 4) is 11.1 Å². The topological polar surface area (TPSA) is 130 Å². The van der Waals surface area contributed by atoms with Crippen LogP contribution < -0.4 is 27.2 Å². The molecule has 184 valence electrons. The van der Waals surface area contributed by atoms with E-state index in [9.17, 15) is 24.3 Å². The zero-order chi connectivity index (χ0) is 25.2. The lowest BCUT2D eigenvalue weighted by Gasteiger charge is -2.24. The number of aromatic carboxylic acids is 1. The second kappa shape index (κ2) is 9.92. The van der Waals surface area contributed by atoms with Crippen LogP contribution in [0.4, 0.5) is 5.00 Å². The molecule has 4 aromatic rings. The van der Waals surface area contributed by atoms with E-state index in [1.807, 2.05) is 30.3 Å². The maximum Gasteiger partial charge on any atom is 0.340 e. The number of nitrogens with one attached hydrogen (secondary N) is 3. The van der Waals surface area contributed by atoms with Crippen LogP contribution in [0.5, 0.6) is 0 Å². The Morgan fingerprint density at radius 2 is 1.72 bits per heavy atom. The smallest absolute Gasteiger partial charge is 0.340 e. The van der Waals surface area contributed by atoms with Crippen molar-refractivity contribution in [3.05, 3.63) is 96.9 Å². The average molecular weight is 505 g/mol. The number of carbonyl (C=O) groups is 2. The van der Waals surface area contributed by atoms with Crippen molar-refractivity contribution in [3.63, 3.8) is 0 Å². The first-order valence-corrected chi connectivity index (χ1v) is 12.4. The molecule has 9 nitrogen and oxygen atoms in total. The van der Waals surface area contributed by atoms with Gasteiger partial charge in [0.2, 0.25) is 5.91 Å². The quantitative estimate of drug-likeness (QED) is 0.257. The number of benzene rings is 2. The van der Waals surface area contributed by atoms with Gasteiger partial charge in [0.25, 0.3) is 0 Å². The van der Waals surface area contributed by atoms with E-state index in [2.05, 4.69) is 40.3 Å². The molecule has 0 spiro atoms. The van der Waals surface area contributed by atoms with Gasteiger partial charge in [-0.1, -0.05) is 54.6 Å². The minimum Gasteiger partial charge on any atom is -0.478 e. The summed E-state index contributed by atoms with van der Waals surface area (Å²) in [6.45, 7) is 0.810. The molecule has 36 heavy (non-hydrogen) atoms. The van der Waals surface area contributed by atoms with Gasteiger partial charge in [0.05, 0.1) is 5.56 Å². The van der Waals surface area contributed by atoms with Crippen molar-refractivity contribution in [2.45, 2.75) is 31.8 Å². The highest BCUT2D eigenvalue weighted by molar-refractivity contribution is 7.16. The Morgan fingerprint density at radius 3 is 2.39 bits per heavy atom. The van der Waals surface area contributed by atoms with Crippen molar-refractivity contribution in [1.29, 1.82) is 0 Å². The number of fused-ring (bicyclic) bond motifs is 1. The Morgan fingerprint density at radius 1 is 1.03 bits per heavy atom. The number of aromatic nitrogens is 1. The molecular weight excluding hydrogens is 480 g/mol. The molecule has 4 N–H and O–H groups in total. The van der Waals surface area contributed by atoms with E-state index in [-0.39, 0.29) is 22.5 Å². The molecule has 2 aromatic carbocycles. The SMILES string of the molecule is O=C(CCc1ccc(-c2ccccc2)cc1)NCC1Cc2c(sc(Nn3c(=O)c3=O)c2C(=O)O)CN1. The van der Waals surface area contributed by atoms with Gasteiger partial charge in [0, 0.05) is 30.4 Å². The first-order chi connectivity index (χ1) is 17.4. The summed E-state index contributed by atoms with van der Waals surface area (Å²) in [5.74, 6) is -1.20. The Labute approximate surface area is 210 Å². The monoisotopic (exact) mass is 504 g/mol. The summed E-state index contributed by atoms with van der Waals surface area (Å²) in [5.41, 5.74) is 5.32. The van der Waals surface area contributed by atoms with Crippen LogP contribution in [0.1, 0.15) is 32.8 Å². The Hall–Kier alpha value is -4.02. The van der Waals surface area contributed by atoms with E-state index in [4.69, 9.17) is 0 Å². The van der Waals surface area contributed by atoms with Gasteiger partial charge in [-0.05, 0) is 35.1 Å². The first kappa shape index (κ1) is 23.7. The van der Waals surface area contributed by atoms with Gasteiger partial charge in [-0.25, -0.2) is 4.79 Å². The normalized spacial score (nSPS) is 14.9. The highest BCUT2D eigenvalue weighted by Crippen LogP contribution is 2.36. The summed E-state index contributed by atoms with van der Waals surface area (Å²) < 4.78 is 0.796. The highest BCUT2D eigenvalue weighted by Gasteiger charge is 2.30. The number of rotatable bonds is 9. The molecule has 2 aromatic heterocycles. The number of carbonyl (C=O) groups excluding carboxylic acids is 1. The van der Waals surface area contributed by atoms with Crippen LogP contribution >= 0.6 is 11.3 Å². The molecule has 0 aliphatic carbocycles. The standard InChI is InChI=1S/C26H24N4O5S/c31-21(11-8-15-6-9-17(10-7-15)16-4-2-1-3-5-16)28-13-18-12-19-20(14-27-18)36-23(22(19)26(34)35)29-30-24(32)25(30)33/h1-7,9-10,18,27,29H,8,11-14H2,(H,28,31)(H,34,35). The number of nitrogens with zero attached hydrogens (tertiary/aromatic N) is 1. The number of aryl methyl sites for hydroxylation is 1. The summed E-state index contributed by atoms with van der Waals surface area (Å²) in [6.07, 6.45) is 1.39. The average Bonchev–Trinajstić information content (AvgIpc) is 3.28. The van der Waals surface area contributed by atoms with Crippen LogP contribution in [0, 0.1) is 0 Å². The molecule has 0 radical (unpaired) electrons. The molecule has 3 heterocycles. The van der Waals surface area contributed by atoms with Gasteiger partial charge >= 0.3 is 17.1 Å². The van der Waals surface area contributed by atoms with E-state index < -0.39 is 17.1 Å². The number of amides is 1. The fourth-order valence-electron chi connectivity index (χ4n) is 4.29. The Balaban J connectivity index is 1.14. The van der Waals surface area contributed by atoms with Gasteiger partial charge in [-0.3, -0.25) is 19.8 Å². The highest BCUT2D eigenvalue weighted by atomic mass is 32.1. The van der Waals surface area contributed by atoms with Gasteiger partial charge in [0.15, 0.2) is 0 Å². The number of anilines is 1. The molecule has 1 aliphatic heterocycles. The van der Waals surface area contributed by atoms with E-state index in [0.29, 0.717) is 37.9 Å². The molecule has 0 saturated carbocycles. The lowest BCUT2D eigenvalue weighted by Crippen LogP contribution is -2.44. The number of carboxylic acid groups (broad SMARTS) is 1. The van der Waals surface area contributed by atoms with Crippen LogP contribution in [-0.4, -0.2) is 34.2 Å². The van der Waals surface area contributed by atoms with Crippen LogP contribution in [0.25, 0.3) is 11.1 Å². The van der Waals surface area contributed by atoms with Crippen molar-refractivity contribution >= 4 is 28.2 Å². The van der Waals surface area contributed by atoms with Crippen LogP contribution in [0.3, 0.4) is 0 Å². The zero-order valence-electron chi connectivity index (χ0n) is 19.2. The lowest BCUT2D eigenvalue weighted by molar-refractivity contribution is -0.121. The van der Waals surface area contributed by atoms with Gasteiger partial charge in [-0.2, -0.15) is 4.68 Å². The van der Waals surface area contributed by atoms with E-state index in [0.717, 1.165) is 26.2 Å². The van der Waals surface area contributed by atoms with Gasteiger partial charge in [-0.15, -0.1) is 11.3 Å². The summed E-state index contributed by atoms with van der Waals surface area (Å²) >= 11 is 1.21. The summed E-state index contributed by atoms with van der Waals surface area (Å²) in [4.78, 5) is 47.8. The second-order valence-corrected chi connectivity index (χ2v) is 9.82. The van der Waals surface area contributed by atoms with E-state index >= 15 is 0 Å². The minimum absolute atomic E-state index is 0.0688. The number of hydrogen-bond acceptors (Lipinski definition) is 7. The number of hydrogen-bond donors (Lipinski definition) is 4. The molecule has 1 unspecified atom stereocenters. The maximum absolute atomic E-state index is 12.5. The Kier molecular flexibility index (Phi) is 6.53. The summed E-state index contributed by atoms with van der Waals surface area (Å²) in [5, 5.41) is 16.2. The number of carboxylic acids is 1. The third-order valence-electron chi connectivity index (χ3n) is 6.31. The van der Waals surface area contributed by atoms with Crippen molar-refractivity contribution in [2.24, 2.45) is 0 Å². The molecule has 1 amide bonds. The van der Waals surface area contributed by atoms with Crippen molar-refractivity contribution in [1.82, 2.24) is 15.3 Å². The Bertz CT molecular complexity index is 1460. The van der Waals surface area contributed by atoms with Crippen LogP contribution in [0.15, 0.2) is 64.2 Å². The maximum atomic E-state index is 12.5. The minimum atomic E-state index is -1.13. The molecule has 0 bridgehead atoms. The first-order valence-electron chi connectivity index (χ1n) is 11.6.